The number of aryl methyl sites for hydroxylation is 1. The standard InChI is InChI=1S/C13H15N3O3/c1-2-10-5-9(13(17)18)6-12(15-10)16-3-4-19-11(7-14)8-16/h5-6,11H,2-4,8H2,1H3,(H,17,18). The molecule has 0 bridgehead atoms. The Morgan fingerprint density at radius 2 is 2.47 bits per heavy atom. The summed E-state index contributed by atoms with van der Waals surface area (Å²) >= 11 is 0. The molecular formula is C13H15N3O3. The number of carboxylic acids is 1. The molecule has 1 N–H and O–H groups in total. The highest BCUT2D eigenvalue weighted by molar-refractivity contribution is 5.88. The zero-order valence-electron chi connectivity index (χ0n) is 10.7. The van der Waals surface area contributed by atoms with Crippen molar-refractivity contribution in [2.45, 2.75) is 19.4 Å². The van der Waals surface area contributed by atoms with Crippen LogP contribution in [-0.4, -0.2) is 41.9 Å². The first-order chi connectivity index (χ1) is 9.13. The number of pyridine rings is 1. The molecule has 0 amide bonds. The van der Waals surface area contributed by atoms with Gasteiger partial charge in [-0.05, 0) is 18.6 Å². The number of carbonyl (C=O) groups is 1. The van der Waals surface area contributed by atoms with Gasteiger partial charge in [-0.25, -0.2) is 9.78 Å². The van der Waals surface area contributed by atoms with Crippen LogP contribution in [0.3, 0.4) is 0 Å². The number of nitrogens with zero attached hydrogens (tertiary/aromatic N) is 3. The van der Waals surface area contributed by atoms with Crippen LogP contribution in [0.5, 0.6) is 0 Å². The van der Waals surface area contributed by atoms with Crippen LogP contribution >= 0.6 is 0 Å². The highest BCUT2D eigenvalue weighted by Crippen LogP contribution is 2.18. The second kappa shape index (κ2) is 5.67. The molecule has 6 nitrogen and oxygen atoms in total. The Morgan fingerprint density at radius 1 is 1.68 bits per heavy atom. The zero-order chi connectivity index (χ0) is 13.8. The first kappa shape index (κ1) is 13.3. The van der Waals surface area contributed by atoms with Gasteiger partial charge in [-0.15, -0.1) is 0 Å². The average molecular weight is 261 g/mol. The Bertz CT molecular complexity index is 524. The Balaban J connectivity index is 2.30. The maximum Gasteiger partial charge on any atom is 0.335 e. The summed E-state index contributed by atoms with van der Waals surface area (Å²) in [7, 11) is 0. The van der Waals surface area contributed by atoms with Crippen molar-refractivity contribution in [2.75, 3.05) is 24.6 Å². The monoisotopic (exact) mass is 261 g/mol. The van der Waals surface area contributed by atoms with Crippen molar-refractivity contribution in [2.24, 2.45) is 0 Å². The van der Waals surface area contributed by atoms with E-state index in [1.165, 1.54) is 0 Å². The minimum atomic E-state index is -0.969. The van der Waals surface area contributed by atoms with Gasteiger partial charge in [-0.2, -0.15) is 5.26 Å². The molecule has 1 aliphatic heterocycles. The number of nitriles is 1. The predicted molar refractivity (Wildman–Crippen MR) is 68.1 cm³/mol. The minimum Gasteiger partial charge on any atom is -0.478 e. The molecule has 1 aromatic heterocycles. The molecule has 2 heterocycles. The van der Waals surface area contributed by atoms with E-state index in [1.807, 2.05) is 11.8 Å². The zero-order valence-corrected chi connectivity index (χ0v) is 10.7. The van der Waals surface area contributed by atoms with Crippen LogP contribution in [0.1, 0.15) is 23.0 Å². The molecule has 1 aromatic rings. The highest BCUT2D eigenvalue weighted by atomic mass is 16.5. The summed E-state index contributed by atoms with van der Waals surface area (Å²) in [6.07, 6.45) is 0.175. The molecule has 0 aliphatic carbocycles. The van der Waals surface area contributed by atoms with Crippen LogP contribution in [0.25, 0.3) is 0 Å². The highest BCUT2D eigenvalue weighted by Gasteiger charge is 2.22. The van der Waals surface area contributed by atoms with Crippen LogP contribution in [0.15, 0.2) is 12.1 Å². The third-order valence-electron chi connectivity index (χ3n) is 3.01. The first-order valence-corrected chi connectivity index (χ1v) is 6.14. The molecule has 0 spiro atoms. The van der Waals surface area contributed by atoms with Gasteiger partial charge in [0.25, 0.3) is 0 Å². The number of hydrogen-bond donors (Lipinski definition) is 1. The lowest BCUT2D eigenvalue weighted by Gasteiger charge is -2.31. The van der Waals surface area contributed by atoms with Crippen LogP contribution in [0.2, 0.25) is 0 Å². The van der Waals surface area contributed by atoms with Gasteiger partial charge in [0.15, 0.2) is 6.10 Å². The molecule has 0 aromatic carbocycles. The summed E-state index contributed by atoms with van der Waals surface area (Å²) in [6, 6.07) is 5.18. The molecule has 1 atom stereocenters. The maximum atomic E-state index is 11.1. The minimum absolute atomic E-state index is 0.224. The van der Waals surface area contributed by atoms with E-state index in [4.69, 9.17) is 15.1 Å². The smallest absolute Gasteiger partial charge is 0.335 e. The Labute approximate surface area is 111 Å². The molecule has 100 valence electrons. The summed E-state index contributed by atoms with van der Waals surface area (Å²) in [6.45, 7) is 3.39. The van der Waals surface area contributed by atoms with E-state index in [0.29, 0.717) is 31.9 Å². The van der Waals surface area contributed by atoms with Gasteiger partial charge in [-0.3, -0.25) is 0 Å². The van der Waals surface area contributed by atoms with Gasteiger partial charge < -0.3 is 14.7 Å². The van der Waals surface area contributed by atoms with Crippen LogP contribution < -0.4 is 4.90 Å². The number of ether oxygens (including phenoxy) is 1. The molecule has 2 rings (SSSR count). The topological polar surface area (TPSA) is 86.5 Å². The Kier molecular flexibility index (Phi) is 3.97. The van der Waals surface area contributed by atoms with Crippen molar-refractivity contribution in [1.29, 1.82) is 5.26 Å². The van der Waals surface area contributed by atoms with Crippen LogP contribution in [0.4, 0.5) is 5.82 Å². The molecule has 0 saturated carbocycles. The average Bonchev–Trinajstić information content (AvgIpc) is 2.46. The quantitative estimate of drug-likeness (QED) is 0.875. The maximum absolute atomic E-state index is 11.1. The van der Waals surface area contributed by atoms with Gasteiger partial charge in [0, 0.05) is 12.2 Å². The fourth-order valence-electron chi connectivity index (χ4n) is 1.97. The second-order valence-electron chi connectivity index (χ2n) is 4.30. The van der Waals surface area contributed by atoms with E-state index in [2.05, 4.69) is 11.1 Å². The largest absolute Gasteiger partial charge is 0.478 e. The number of anilines is 1. The lowest BCUT2D eigenvalue weighted by molar-refractivity contribution is 0.0696. The van der Waals surface area contributed by atoms with Crippen molar-refractivity contribution in [3.8, 4) is 6.07 Å². The van der Waals surface area contributed by atoms with Gasteiger partial charge >= 0.3 is 5.97 Å². The molecule has 1 saturated heterocycles. The van der Waals surface area contributed by atoms with E-state index in [9.17, 15) is 4.79 Å². The van der Waals surface area contributed by atoms with E-state index in [-0.39, 0.29) is 5.56 Å². The lowest BCUT2D eigenvalue weighted by Crippen LogP contribution is -2.42. The molecule has 19 heavy (non-hydrogen) atoms. The predicted octanol–water partition coefficient (Wildman–Crippen LogP) is 1.07. The fraction of sp³-hybridized carbons (Fsp3) is 0.462. The van der Waals surface area contributed by atoms with Crippen molar-refractivity contribution in [1.82, 2.24) is 4.98 Å². The first-order valence-electron chi connectivity index (χ1n) is 6.14. The molecule has 1 fully saturated rings. The number of aromatic nitrogens is 1. The molecule has 1 unspecified atom stereocenters. The molecule has 0 radical (unpaired) electrons. The van der Waals surface area contributed by atoms with Gasteiger partial charge in [0.1, 0.15) is 5.82 Å². The van der Waals surface area contributed by atoms with E-state index >= 15 is 0 Å². The molecule has 6 heteroatoms. The second-order valence-corrected chi connectivity index (χ2v) is 4.30. The summed E-state index contributed by atoms with van der Waals surface area (Å²) in [5.41, 5.74) is 0.955. The third kappa shape index (κ3) is 3.01. The summed E-state index contributed by atoms with van der Waals surface area (Å²) in [5, 5.41) is 18.0. The Hall–Kier alpha value is -2.13. The van der Waals surface area contributed by atoms with E-state index in [0.717, 1.165) is 5.69 Å². The number of hydrogen-bond acceptors (Lipinski definition) is 5. The Morgan fingerprint density at radius 3 is 3.11 bits per heavy atom. The number of carboxylic acid groups (broad SMARTS) is 1. The number of morpholine rings is 1. The van der Waals surface area contributed by atoms with E-state index < -0.39 is 12.1 Å². The van der Waals surface area contributed by atoms with Crippen molar-refractivity contribution in [3.63, 3.8) is 0 Å². The summed E-state index contributed by atoms with van der Waals surface area (Å²) < 4.78 is 5.27. The molecular weight excluding hydrogens is 246 g/mol. The third-order valence-corrected chi connectivity index (χ3v) is 3.01. The van der Waals surface area contributed by atoms with Gasteiger partial charge in [0.05, 0.1) is 24.8 Å². The van der Waals surface area contributed by atoms with Crippen molar-refractivity contribution >= 4 is 11.8 Å². The lowest BCUT2D eigenvalue weighted by atomic mass is 10.2. The summed E-state index contributed by atoms with van der Waals surface area (Å²) in [4.78, 5) is 17.4. The molecule has 1 aliphatic rings. The van der Waals surface area contributed by atoms with Crippen LogP contribution in [0, 0.1) is 11.3 Å². The fourth-order valence-corrected chi connectivity index (χ4v) is 1.97. The SMILES string of the molecule is CCc1cc(C(=O)O)cc(N2CCOC(C#N)C2)n1. The van der Waals surface area contributed by atoms with Crippen molar-refractivity contribution in [3.05, 3.63) is 23.4 Å². The van der Waals surface area contributed by atoms with E-state index in [1.54, 1.807) is 12.1 Å². The summed E-state index contributed by atoms with van der Waals surface area (Å²) in [5.74, 6) is -0.372. The number of aromatic carboxylic acids is 1. The normalized spacial score (nSPS) is 18.9. The number of rotatable bonds is 3. The van der Waals surface area contributed by atoms with Gasteiger partial charge in [0.2, 0.25) is 0 Å². The van der Waals surface area contributed by atoms with Crippen molar-refractivity contribution < 1.29 is 14.6 Å². The van der Waals surface area contributed by atoms with Gasteiger partial charge in [-0.1, -0.05) is 6.92 Å². The van der Waals surface area contributed by atoms with Crippen LogP contribution in [-0.2, 0) is 11.2 Å².